The van der Waals surface area contributed by atoms with Crippen LogP contribution in [0.25, 0.3) is 0 Å². The second kappa shape index (κ2) is 4.46. The number of aromatic nitrogens is 1. The summed E-state index contributed by atoms with van der Waals surface area (Å²) in [5.74, 6) is -2.14. The lowest BCUT2D eigenvalue weighted by Gasteiger charge is -2.07. The Labute approximate surface area is 93.4 Å². The lowest BCUT2D eigenvalue weighted by atomic mass is 10.3. The van der Waals surface area contributed by atoms with Gasteiger partial charge in [0.25, 0.3) is 15.5 Å². The van der Waals surface area contributed by atoms with Crippen molar-refractivity contribution in [1.29, 1.82) is 0 Å². The van der Waals surface area contributed by atoms with Crippen LogP contribution in [0, 0.1) is 5.82 Å². The molecule has 1 aromatic rings. The van der Waals surface area contributed by atoms with E-state index in [1.54, 1.807) is 0 Å². The van der Waals surface area contributed by atoms with Gasteiger partial charge in [0.1, 0.15) is 10.6 Å². The van der Waals surface area contributed by atoms with E-state index in [0.29, 0.717) is 6.07 Å². The van der Waals surface area contributed by atoms with E-state index in [4.69, 9.17) is 10.7 Å². The zero-order valence-electron chi connectivity index (χ0n) is 7.75. The van der Waals surface area contributed by atoms with Gasteiger partial charge < -0.3 is 4.74 Å². The number of rotatable bonds is 3. The van der Waals surface area contributed by atoms with E-state index in [0.717, 1.165) is 7.11 Å². The van der Waals surface area contributed by atoms with Gasteiger partial charge in [-0.05, 0) is 0 Å². The van der Waals surface area contributed by atoms with Crippen molar-refractivity contribution < 1.29 is 26.3 Å². The summed E-state index contributed by atoms with van der Waals surface area (Å²) in [5.41, 5.74) is -1.32. The largest absolute Gasteiger partial charge is 0.481 e. The molecule has 1 aromatic heterocycles. The topological polar surface area (TPSA) is 56.3 Å². The third-order valence-corrected chi connectivity index (χ3v) is 2.93. The van der Waals surface area contributed by atoms with E-state index >= 15 is 0 Å². The van der Waals surface area contributed by atoms with Crippen LogP contribution in [0.2, 0.25) is 0 Å². The van der Waals surface area contributed by atoms with Gasteiger partial charge in [0.15, 0.2) is 5.82 Å². The van der Waals surface area contributed by atoms with Crippen LogP contribution in [0.3, 0.4) is 0 Å². The molecule has 0 spiro atoms. The Balaban J connectivity index is 3.56. The Bertz CT molecular complexity index is 506. The zero-order valence-corrected chi connectivity index (χ0v) is 9.32. The highest BCUT2D eigenvalue weighted by atomic mass is 35.7. The molecule has 0 aliphatic rings. The maximum Gasteiger partial charge on any atom is 0.283 e. The summed E-state index contributed by atoms with van der Waals surface area (Å²) in [4.78, 5) is 2.01. The highest BCUT2D eigenvalue weighted by Crippen LogP contribution is 2.29. The van der Waals surface area contributed by atoms with Gasteiger partial charge in [-0.2, -0.15) is 0 Å². The molecule has 0 radical (unpaired) electrons. The molecule has 0 saturated heterocycles. The minimum absolute atomic E-state index is 0.462. The number of pyridine rings is 1. The third-order valence-electron chi connectivity index (χ3n) is 1.60. The third kappa shape index (κ3) is 2.56. The van der Waals surface area contributed by atoms with E-state index in [1.807, 2.05) is 0 Å². The number of hydrogen-bond donors (Lipinski definition) is 0. The van der Waals surface area contributed by atoms with Gasteiger partial charge in [0.05, 0.1) is 7.11 Å². The first-order valence-electron chi connectivity index (χ1n) is 3.74. The van der Waals surface area contributed by atoms with E-state index < -0.39 is 37.8 Å². The molecule has 0 saturated carbocycles. The highest BCUT2D eigenvalue weighted by molar-refractivity contribution is 8.13. The van der Waals surface area contributed by atoms with Crippen LogP contribution in [0.15, 0.2) is 11.0 Å². The number of alkyl halides is 2. The first kappa shape index (κ1) is 13.0. The maximum atomic E-state index is 13.3. The molecule has 1 rings (SSSR count). The van der Waals surface area contributed by atoms with Crippen LogP contribution in [0.5, 0.6) is 5.88 Å². The quantitative estimate of drug-likeness (QED) is 0.793. The number of halogens is 4. The Morgan fingerprint density at radius 1 is 1.50 bits per heavy atom. The summed E-state index contributed by atoms with van der Waals surface area (Å²) in [6, 6.07) is 0.629. The fourth-order valence-electron chi connectivity index (χ4n) is 0.928. The van der Waals surface area contributed by atoms with E-state index in [1.165, 1.54) is 0 Å². The molecule has 0 bridgehead atoms. The Kier molecular flexibility index (Phi) is 3.64. The average Bonchev–Trinajstić information content (AvgIpc) is 2.15. The van der Waals surface area contributed by atoms with Crippen molar-refractivity contribution in [1.82, 2.24) is 4.98 Å². The standard InChI is InChI=1S/C7H5ClF3NO3S/c1-15-4-2-3(16(8,13)14)5(9)6(12-4)7(10)11/h2,7H,1H3. The van der Waals surface area contributed by atoms with Crippen molar-refractivity contribution in [3.8, 4) is 5.88 Å². The SMILES string of the molecule is COc1cc(S(=O)(=O)Cl)c(F)c(C(F)F)n1. The fraction of sp³-hybridized carbons (Fsp3) is 0.286. The Morgan fingerprint density at radius 2 is 2.06 bits per heavy atom. The number of methoxy groups -OCH3 is 1. The molecular weight excluding hydrogens is 271 g/mol. The van der Waals surface area contributed by atoms with Crippen LogP contribution < -0.4 is 4.74 Å². The van der Waals surface area contributed by atoms with Crippen LogP contribution in [-0.2, 0) is 9.05 Å². The Morgan fingerprint density at radius 3 is 2.44 bits per heavy atom. The van der Waals surface area contributed by atoms with Gasteiger partial charge in [0.2, 0.25) is 5.88 Å². The second-order valence-electron chi connectivity index (χ2n) is 2.60. The van der Waals surface area contributed by atoms with Crippen molar-refractivity contribution in [2.24, 2.45) is 0 Å². The molecule has 90 valence electrons. The molecule has 0 N–H and O–H groups in total. The number of ether oxygens (including phenoxy) is 1. The van der Waals surface area contributed by atoms with Crippen LogP contribution in [0.4, 0.5) is 13.2 Å². The molecule has 0 aliphatic heterocycles. The van der Waals surface area contributed by atoms with E-state index in [-0.39, 0.29) is 0 Å². The van der Waals surface area contributed by atoms with Gasteiger partial charge in [-0.15, -0.1) is 0 Å². The summed E-state index contributed by atoms with van der Waals surface area (Å²) in [6.45, 7) is 0. The van der Waals surface area contributed by atoms with Gasteiger partial charge in [-0.25, -0.2) is 26.6 Å². The van der Waals surface area contributed by atoms with Crippen molar-refractivity contribution in [3.05, 3.63) is 17.6 Å². The number of nitrogens with zero attached hydrogens (tertiary/aromatic N) is 1. The van der Waals surface area contributed by atoms with Gasteiger partial charge in [-0.1, -0.05) is 0 Å². The van der Waals surface area contributed by atoms with Crippen molar-refractivity contribution in [2.75, 3.05) is 7.11 Å². The average molecular weight is 276 g/mol. The van der Waals surface area contributed by atoms with Crippen molar-refractivity contribution in [3.63, 3.8) is 0 Å². The van der Waals surface area contributed by atoms with Crippen molar-refractivity contribution in [2.45, 2.75) is 11.3 Å². The van der Waals surface area contributed by atoms with Gasteiger partial charge >= 0.3 is 0 Å². The van der Waals surface area contributed by atoms with Crippen molar-refractivity contribution >= 4 is 19.7 Å². The summed E-state index contributed by atoms with van der Waals surface area (Å²) < 4.78 is 64.2. The molecule has 4 nitrogen and oxygen atoms in total. The first-order chi connectivity index (χ1) is 7.27. The molecule has 1 heterocycles. The maximum absolute atomic E-state index is 13.3. The second-order valence-corrected chi connectivity index (χ2v) is 5.13. The molecule has 16 heavy (non-hydrogen) atoms. The normalized spacial score (nSPS) is 11.9. The van der Waals surface area contributed by atoms with E-state index in [9.17, 15) is 21.6 Å². The van der Waals surface area contributed by atoms with E-state index in [2.05, 4.69) is 9.72 Å². The fourth-order valence-corrected chi connectivity index (χ4v) is 1.83. The minimum Gasteiger partial charge on any atom is -0.481 e. The summed E-state index contributed by atoms with van der Waals surface area (Å²) in [7, 11) is 1.46. The van der Waals surface area contributed by atoms with Crippen LogP contribution >= 0.6 is 10.7 Å². The monoisotopic (exact) mass is 275 g/mol. The van der Waals surface area contributed by atoms with Gasteiger partial charge in [-0.3, -0.25) is 0 Å². The lowest BCUT2D eigenvalue weighted by Crippen LogP contribution is -2.05. The predicted molar refractivity (Wildman–Crippen MR) is 48.7 cm³/mol. The Hall–Kier alpha value is -1.02. The smallest absolute Gasteiger partial charge is 0.283 e. The first-order valence-corrected chi connectivity index (χ1v) is 6.05. The zero-order chi connectivity index (χ0) is 12.5. The minimum atomic E-state index is -4.48. The molecule has 0 aromatic carbocycles. The highest BCUT2D eigenvalue weighted by Gasteiger charge is 2.26. The number of hydrogen-bond acceptors (Lipinski definition) is 4. The summed E-state index contributed by atoms with van der Waals surface area (Å²) >= 11 is 0. The molecular formula is C7H5ClF3NO3S. The molecule has 0 fully saturated rings. The lowest BCUT2D eigenvalue weighted by molar-refractivity contribution is 0.138. The predicted octanol–water partition coefficient (Wildman–Crippen LogP) is 2.09. The molecule has 0 amide bonds. The molecule has 0 unspecified atom stereocenters. The molecule has 0 aliphatic carbocycles. The summed E-state index contributed by atoms with van der Waals surface area (Å²) in [6.07, 6.45) is -3.27. The van der Waals surface area contributed by atoms with Gasteiger partial charge in [0, 0.05) is 16.7 Å². The molecule has 9 heteroatoms. The molecule has 0 atom stereocenters. The summed E-state index contributed by atoms with van der Waals surface area (Å²) in [5, 5.41) is 0. The van der Waals surface area contributed by atoms with Crippen LogP contribution in [0.1, 0.15) is 12.1 Å². The van der Waals surface area contributed by atoms with Crippen LogP contribution in [-0.4, -0.2) is 20.5 Å².